The molecule has 3 heterocycles. The number of pyridine rings is 1. The Kier molecular flexibility index (Phi) is 4.84. The van der Waals surface area contributed by atoms with Crippen LogP contribution >= 0.6 is 11.8 Å². The van der Waals surface area contributed by atoms with E-state index in [-0.39, 0.29) is 12.5 Å². The van der Waals surface area contributed by atoms with Gasteiger partial charge in [0.2, 0.25) is 0 Å². The molecule has 1 aromatic carbocycles. The number of benzene rings is 1. The topological polar surface area (TPSA) is 122 Å². The number of rotatable bonds is 5. The second-order valence-electron chi connectivity index (χ2n) is 8.03. The molecule has 164 valence electrons. The third-order valence-electron chi connectivity index (χ3n) is 5.95. The van der Waals surface area contributed by atoms with Gasteiger partial charge in [-0.25, -0.2) is 19.3 Å². The van der Waals surface area contributed by atoms with E-state index in [1.54, 1.807) is 18.2 Å². The molecule has 1 aliphatic heterocycles. The van der Waals surface area contributed by atoms with Gasteiger partial charge in [0, 0.05) is 23.2 Å². The van der Waals surface area contributed by atoms with Crippen molar-refractivity contribution in [2.24, 2.45) is 16.6 Å². The molecule has 10 heteroatoms. The lowest BCUT2D eigenvalue weighted by Gasteiger charge is -2.32. The summed E-state index contributed by atoms with van der Waals surface area (Å²) in [5, 5.41) is 13.1. The normalized spacial score (nSPS) is 25.3. The zero-order valence-electron chi connectivity index (χ0n) is 17.5. The van der Waals surface area contributed by atoms with Crippen LogP contribution in [0.4, 0.5) is 15.9 Å². The number of terminal acetylenes is 1. The molecular formula is C23H18FN7OS. The van der Waals surface area contributed by atoms with Crippen LogP contribution in [0.3, 0.4) is 0 Å². The number of nitrogens with zero attached hydrogens (tertiary/aromatic N) is 5. The summed E-state index contributed by atoms with van der Waals surface area (Å²) in [7, 11) is 0. The molecule has 0 saturated heterocycles. The number of anilines is 2. The molecule has 0 unspecified atom stereocenters. The minimum Gasteiger partial charge on any atom is -0.479 e. The average Bonchev–Trinajstić information content (AvgIpc) is 3.55. The van der Waals surface area contributed by atoms with Gasteiger partial charge in [-0.3, -0.25) is 4.99 Å². The third kappa shape index (κ3) is 3.49. The molecule has 1 saturated carbocycles. The number of halogens is 1. The van der Waals surface area contributed by atoms with Crippen LogP contribution in [0.1, 0.15) is 18.9 Å². The largest absolute Gasteiger partial charge is 0.479 e. The van der Waals surface area contributed by atoms with Crippen LogP contribution in [0.15, 0.2) is 41.8 Å². The number of nitrogens with two attached hydrogens (primary N) is 1. The minimum atomic E-state index is -0.942. The van der Waals surface area contributed by atoms with Crippen LogP contribution in [0.5, 0.6) is 5.75 Å². The number of hydrogen-bond donors (Lipinski definition) is 2. The highest BCUT2D eigenvalue weighted by Gasteiger charge is 2.67. The molecule has 3 aromatic rings. The Morgan fingerprint density at radius 3 is 3.00 bits per heavy atom. The van der Waals surface area contributed by atoms with Gasteiger partial charge in [-0.15, -0.1) is 6.42 Å². The smallest absolute Gasteiger partial charge is 0.160 e. The summed E-state index contributed by atoms with van der Waals surface area (Å²) in [5.41, 5.74) is 7.12. The van der Waals surface area contributed by atoms with Crippen LogP contribution in [0, 0.1) is 35.4 Å². The Hall–Kier alpha value is -3.89. The molecule has 2 aromatic heterocycles. The SMILES string of the molecule is C#CCOc1cnc2c(Nc3ccc(F)c([C@@]4(C)N=C(N)S[C@@]5(C#N)C[C@H]54)c3)ncnc2c1. The number of thioether (sulfide) groups is 1. The molecule has 0 bridgehead atoms. The fraction of sp³-hybridized carbons (Fsp3) is 0.261. The third-order valence-corrected chi connectivity index (χ3v) is 7.16. The van der Waals surface area contributed by atoms with Gasteiger partial charge >= 0.3 is 0 Å². The van der Waals surface area contributed by atoms with Crippen molar-refractivity contribution in [2.45, 2.75) is 23.6 Å². The van der Waals surface area contributed by atoms with E-state index in [9.17, 15) is 9.65 Å². The van der Waals surface area contributed by atoms with Gasteiger partial charge in [-0.05, 0) is 31.5 Å². The lowest BCUT2D eigenvalue weighted by atomic mass is 9.85. The van der Waals surface area contributed by atoms with Crippen molar-refractivity contribution in [1.82, 2.24) is 15.0 Å². The van der Waals surface area contributed by atoms with Crippen molar-refractivity contribution < 1.29 is 9.13 Å². The maximum Gasteiger partial charge on any atom is 0.160 e. The summed E-state index contributed by atoms with van der Waals surface area (Å²) in [5.74, 6) is 2.81. The Morgan fingerprint density at radius 1 is 1.36 bits per heavy atom. The van der Waals surface area contributed by atoms with Crippen LogP contribution in [0.2, 0.25) is 0 Å². The molecule has 8 nitrogen and oxygen atoms in total. The molecule has 0 spiro atoms. The van der Waals surface area contributed by atoms with Crippen molar-refractivity contribution in [2.75, 3.05) is 11.9 Å². The minimum absolute atomic E-state index is 0.125. The Bertz CT molecular complexity index is 1400. The lowest BCUT2D eigenvalue weighted by molar-refractivity contribution is 0.369. The molecule has 0 radical (unpaired) electrons. The van der Waals surface area contributed by atoms with Gasteiger partial charge in [0.05, 0.1) is 23.3 Å². The van der Waals surface area contributed by atoms with E-state index in [0.29, 0.717) is 45.4 Å². The molecule has 1 fully saturated rings. The molecule has 2 aliphatic rings. The number of fused-ring (bicyclic) bond motifs is 2. The molecule has 3 N–H and O–H groups in total. The summed E-state index contributed by atoms with van der Waals surface area (Å²) in [6.45, 7) is 1.95. The van der Waals surface area contributed by atoms with E-state index < -0.39 is 16.1 Å². The first kappa shape index (κ1) is 21.0. The van der Waals surface area contributed by atoms with Crippen LogP contribution < -0.4 is 15.8 Å². The van der Waals surface area contributed by atoms with Gasteiger partial charge in [-0.1, -0.05) is 17.7 Å². The van der Waals surface area contributed by atoms with Gasteiger partial charge in [0.15, 0.2) is 11.0 Å². The molecule has 3 atom stereocenters. The van der Waals surface area contributed by atoms with Crippen molar-refractivity contribution >= 4 is 39.5 Å². The predicted octanol–water partition coefficient (Wildman–Crippen LogP) is 3.48. The van der Waals surface area contributed by atoms with Crippen LogP contribution in [-0.2, 0) is 5.54 Å². The summed E-state index contributed by atoms with van der Waals surface area (Å²) in [4.78, 5) is 17.5. The van der Waals surface area contributed by atoms with E-state index >= 15 is 0 Å². The number of aliphatic imine (C=N–C) groups is 1. The van der Waals surface area contributed by atoms with E-state index in [1.807, 2.05) is 6.92 Å². The number of nitrogens with one attached hydrogen (secondary N) is 1. The van der Waals surface area contributed by atoms with Gasteiger partial charge in [-0.2, -0.15) is 5.26 Å². The molecular weight excluding hydrogens is 441 g/mol. The molecule has 0 amide bonds. The van der Waals surface area contributed by atoms with Crippen molar-refractivity contribution in [3.05, 3.63) is 48.2 Å². The predicted molar refractivity (Wildman–Crippen MR) is 124 cm³/mol. The van der Waals surface area contributed by atoms with Crippen molar-refractivity contribution in [1.29, 1.82) is 5.26 Å². The lowest BCUT2D eigenvalue weighted by Crippen LogP contribution is -2.35. The second-order valence-corrected chi connectivity index (χ2v) is 9.38. The van der Waals surface area contributed by atoms with E-state index in [2.05, 4.69) is 37.3 Å². The Balaban J connectivity index is 1.50. The molecule has 1 aliphatic carbocycles. The number of hydrogen-bond acceptors (Lipinski definition) is 9. The van der Waals surface area contributed by atoms with Crippen LogP contribution in [-0.4, -0.2) is 31.5 Å². The highest BCUT2D eigenvalue weighted by Crippen LogP contribution is 2.65. The van der Waals surface area contributed by atoms with Crippen molar-refractivity contribution in [3.63, 3.8) is 0 Å². The molecule has 5 rings (SSSR count). The van der Waals surface area contributed by atoms with E-state index in [4.69, 9.17) is 16.9 Å². The van der Waals surface area contributed by atoms with Gasteiger partial charge < -0.3 is 15.8 Å². The summed E-state index contributed by atoms with van der Waals surface area (Å²) < 4.78 is 19.7. The average molecular weight is 460 g/mol. The quantitative estimate of drug-likeness (QED) is 0.556. The van der Waals surface area contributed by atoms with Crippen LogP contribution in [0.25, 0.3) is 11.0 Å². The number of ether oxygens (including phenoxy) is 1. The Morgan fingerprint density at radius 2 is 2.21 bits per heavy atom. The van der Waals surface area contributed by atoms with Gasteiger partial charge in [0.1, 0.15) is 34.8 Å². The number of amidine groups is 1. The van der Waals surface area contributed by atoms with Gasteiger partial charge in [0.25, 0.3) is 0 Å². The van der Waals surface area contributed by atoms with E-state index in [1.165, 1.54) is 30.4 Å². The fourth-order valence-electron chi connectivity index (χ4n) is 4.27. The zero-order chi connectivity index (χ0) is 23.2. The summed E-state index contributed by atoms with van der Waals surface area (Å²) in [6.07, 6.45) is 8.78. The fourth-order valence-corrected chi connectivity index (χ4v) is 5.54. The first-order chi connectivity index (χ1) is 15.9. The first-order valence-corrected chi connectivity index (χ1v) is 10.9. The molecule has 33 heavy (non-hydrogen) atoms. The number of nitriles is 1. The highest BCUT2D eigenvalue weighted by molar-refractivity contribution is 8.15. The Labute approximate surface area is 193 Å². The summed E-state index contributed by atoms with van der Waals surface area (Å²) >= 11 is 1.26. The summed E-state index contributed by atoms with van der Waals surface area (Å²) in [6, 6.07) is 8.72. The monoisotopic (exact) mass is 459 g/mol. The first-order valence-electron chi connectivity index (χ1n) is 10.1. The number of aromatic nitrogens is 3. The highest BCUT2D eigenvalue weighted by atomic mass is 32.2. The second kappa shape index (κ2) is 7.61. The maximum absolute atomic E-state index is 15.0. The van der Waals surface area contributed by atoms with E-state index in [0.717, 1.165) is 0 Å². The zero-order valence-corrected chi connectivity index (χ0v) is 18.4. The van der Waals surface area contributed by atoms with Crippen molar-refractivity contribution in [3.8, 4) is 24.2 Å². The maximum atomic E-state index is 15.0. The standard InChI is InChI=1S/C23H18FN7OS/c1-3-6-32-14-8-17-19(27-10-14)20(29-12-28-17)30-13-4-5-16(24)15(7-13)22(2)18-9-23(18,11-25)33-21(26)31-22/h1,4-5,7-8,10,12,18H,6,9H2,2H3,(H2,26,31)(H,28,29,30)/t18-,22+,23+/m0/s1.